The fraction of sp³-hybridized carbons (Fsp3) is 0.526. The SMILES string of the molecule is O=C(CN1CCN(C(=O)CCSc2nc3ccccc3s2)CC1)NC1CC1. The summed E-state index contributed by atoms with van der Waals surface area (Å²) in [6.07, 6.45) is 2.76. The number of carbonyl (C=O) groups is 2. The first-order chi connectivity index (χ1) is 13.2. The molecule has 0 radical (unpaired) electrons. The molecule has 1 aromatic carbocycles. The van der Waals surface area contributed by atoms with Crippen molar-refractivity contribution in [3.05, 3.63) is 24.3 Å². The van der Waals surface area contributed by atoms with Gasteiger partial charge in [-0.25, -0.2) is 4.98 Å². The number of aromatic nitrogens is 1. The lowest BCUT2D eigenvalue weighted by Gasteiger charge is -2.34. The highest BCUT2D eigenvalue weighted by atomic mass is 32.2. The minimum absolute atomic E-state index is 0.115. The van der Waals surface area contributed by atoms with E-state index < -0.39 is 0 Å². The van der Waals surface area contributed by atoms with Gasteiger partial charge in [0.1, 0.15) is 0 Å². The van der Waals surface area contributed by atoms with Gasteiger partial charge >= 0.3 is 0 Å². The van der Waals surface area contributed by atoms with Crippen molar-refractivity contribution in [2.45, 2.75) is 29.6 Å². The summed E-state index contributed by atoms with van der Waals surface area (Å²) >= 11 is 3.34. The fourth-order valence-corrected chi connectivity index (χ4v) is 5.22. The third-order valence-electron chi connectivity index (χ3n) is 4.85. The number of nitrogens with zero attached hydrogens (tertiary/aromatic N) is 3. The van der Waals surface area contributed by atoms with Crippen molar-refractivity contribution in [1.29, 1.82) is 0 Å². The van der Waals surface area contributed by atoms with E-state index in [0.29, 0.717) is 32.1 Å². The number of rotatable bonds is 7. The van der Waals surface area contributed by atoms with Crippen molar-refractivity contribution >= 4 is 45.1 Å². The number of piperazine rings is 1. The van der Waals surface area contributed by atoms with Crippen molar-refractivity contribution in [3.8, 4) is 0 Å². The van der Waals surface area contributed by atoms with Gasteiger partial charge in [-0.1, -0.05) is 23.9 Å². The summed E-state index contributed by atoms with van der Waals surface area (Å²) in [6, 6.07) is 8.52. The molecule has 4 rings (SSSR count). The van der Waals surface area contributed by atoms with Crippen LogP contribution >= 0.6 is 23.1 Å². The molecule has 2 heterocycles. The summed E-state index contributed by atoms with van der Waals surface area (Å²) in [7, 11) is 0. The molecule has 1 saturated heterocycles. The van der Waals surface area contributed by atoms with Gasteiger partial charge in [0.15, 0.2) is 4.34 Å². The van der Waals surface area contributed by atoms with Gasteiger partial charge in [0.05, 0.1) is 16.8 Å². The number of amides is 2. The van der Waals surface area contributed by atoms with E-state index in [2.05, 4.69) is 21.3 Å². The van der Waals surface area contributed by atoms with Crippen LogP contribution < -0.4 is 5.32 Å². The summed E-state index contributed by atoms with van der Waals surface area (Å²) in [6.45, 7) is 3.42. The number of thiazole rings is 1. The lowest BCUT2D eigenvalue weighted by molar-refractivity contribution is -0.132. The molecule has 1 aromatic heterocycles. The molecule has 1 aliphatic carbocycles. The maximum atomic E-state index is 12.4. The van der Waals surface area contributed by atoms with Gasteiger partial charge in [-0.05, 0) is 25.0 Å². The number of hydrogen-bond donors (Lipinski definition) is 1. The van der Waals surface area contributed by atoms with Gasteiger partial charge < -0.3 is 10.2 Å². The molecular weight excluding hydrogens is 380 g/mol. The first kappa shape index (κ1) is 18.7. The third-order valence-corrected chi connectivity index (χ3v) is 7.03. The molecule has 0 bridgehead atoms. The molecule has 1 saturated carbocycles. The van der Waals surface area contributed by atoms with Crippen LogP contribution in [0.5, 0.6) is 0 Å². The Kier molecular flexibility index (Phi) is 5.95. The van der Waals surface area contributed by atoms with Crippen molar-refractivity contribution in [2.24, 2.45) is 0 Å². The maximum absolute atomic E-state index is 12.4. The number of thioether (sulfide) groups is 1. The standard InChI is InChI=1S/C19H24N4O2S2/c24-17(20-14-5-6-14)13-22-8-10-23(11-9-22)18(25)7-12-26-19-21-15-3-1-2-4-16(15)27-19/h1-4,14H,5-13H2,(H,20,24). The highest BCUT2D eigenvalue weighted by molar-refractivity contribution is 8.01. The Morgan fingerprint density at radius 1 is 1.19 bits per heavy atom. The van der Waals surface area contributed by atoms with Crippen LogP contribution in [0.25, 0.3) is 10.2 Å². The zero-order valence-corrected chi connectivity index (χ0v) is 16.9. The van der Waals surface area contributed by atoms with Crippen LogP contribution in [0.15, 0.2) is 28.6 Å². The summed E-state index contributed by atoms with van der Waals surface area (Å²) in [4.78, 5) is 33.0. The third kappa shape index (κ3) is 5.21. The average Bonchev–Trinajstić information content (AvgIpc) is 3.38. The van der Waals surface area contributed by atoms with Crippen LogP contribution in [0, 0.1) is 0 Å². The number of para-hydroxylation sites is 1. The van der Waals surface area contributed by atoms with Crippen LogP contribution in [0.4, 0.5) is 0 Å². The highest BCUT2D eigenvalue weighted by Gasteiger charge is 2.26. The van der Waals surface area contributed by atoms with E-state index in [4.69, 9.17) is 0 Å². The molecule has 2 fully saturated rings. The van der Waals surface area contributed by atoms with Gasteiger partial charge in [0, 0.05) is 44.4 Å². The van der Waals surface area contributed by atoms with E-state index >= 15 is 0 Å². The van der Waals surface area contributed by atoms with Crippen molar-refractivity contribution < 1.29 is 9.59 Å². The Morgan fingerprint density at radius 3 is 2.70 bits per heavy atom. The molecule has 1 aliphatic heterocycles. The molecule has 144 valence electrons. The average molecular weight is 405 g/mol. The second-order valence-electron chi connectivity index (χ2n) is 7.04. The molecule has 2 amide bonds. The molecule has 0 atom stereocenters. The first-order valence-electron chi connectivity index (χ1n) is 9.45. The number of hydrogen-bond acceptors (Lipinski definition) is 6. The molecule has 8 heteroatoms. The summed E-state index contributed by atoms with van der Waals surface area (Å²) in [5.41, 5.74) is 1.03. The number of benzene rings is 1. The Hall–Kier alpha value is -1.64. The summed E-state index contributed by atoms with van der Waals surface area (Å²) in [5, 5.41) is 3.02. The fourth-order valence-electron chi connectivity index (χ4n) is 3.16. The second-order valence-corrected chi connectivity index (χ2v) is 9.42. The van der Waals surface area contributed by atoms with E-state index in [0.717, 1.165) is 41.5 Å². The van der Waals surface area contributed by atoms with E-state index in [1.165, 1.54) is 4.70 Å². The van der Waals surface area contributed by atoms with E-state index in [9.17, 15) is 9.59 Å². The van der Waals surface area contributed by atoms with Crippen molar-refractivity contribution in [2.75, 3.05) is 38.5 Å². The molecule has 0 spiro atoms. The van der Waals surface area contributed by atoms with Crippen LogP contribution in [0.3, 0.4) is 0 Å². The quantitative estimate of drug-likeness (QED) is 0.717. The predicted molar refractivity (Wildman–Crippen MR) is 109 cm³/mol. The largest absolute Gasteiger partial charge is 0.352 e. The van der Waals surface area contributed by atoms with Gasteiger partial charge in [-0.2, -0.15) is 0 Å². The lowest BCUT2D eigenvalue weighted by Crippen LogP contribution is -2.51. The summed E-state index contributed by atoms with van der Waals surface area (Å²) < 4.78 is 2.21. The second kappa shape index (κ2) is 8.58. The van der Waals surface area contributed by atoms with Crippen molar-refractivity contribution in [1.82, 2.24) is 20.1 Å². The highest BCUT2D eigenvalue weighted by Crippen LogP contribution is 2.29. The van der Waals surface area contributed by atoms with E-state index in [1.54, 1.807) is 23.1 Å². The van der Waals surface area contributed by atoms with Crippen molar-refractivity contribution in [3.63, 3.8) is 0 Å². The maximum Gasteiger partial charge on any atom is 0.234 e. The monoisotopic (exact) mass is 404 g/mol. The number of carbonyl (C=O) groups excluding carboxylic acids is 2. The first-order valence-corrected chi connectivity index (χ1v) is 11.3. The minimum Gasteiger partial charge on any atom is -0.352 e. The van der Waals surface area contributed by atoms with Gasteiger partial charge in [-0.3, -0.25) is 14.5 Å². The molecule has 6 nitrogen and oxygen atoms in total. The van der Waals surface area contributed by atoms with Gasteiger partial charge in [0.25, 0.3) is 0 Å². The van der Waals surface area contributed by atoms with Gasteiger partial charge in [-0.15, -0.1) is 11.3 Å². The molecule has 27 heavy (non-hydrogen) atoms. The Bertz CT molecular complexity index is 780. The molecular formula is C19H24N4O2S2. The lowest BCUT2D eigenvalue weighted by atomic mass is 10.3. The van der Waals surface area contributed by atoms with Crippen LogP contribution in [-0.4, -0.2) is 71.1 Å². The zero-order valence-electron chi connectivity index (χ0n) is 15.2. The topological polar surface area (TPSA) is 65.5 Å². The Balaban J connectivity index is 1.16. The molecule has 2 aliphatic rings. The number of nitrogens with one attached hydrogen (secondary N) is 1. The number of fused-ring (bicyclic) bond motifs is 1. The van der Waals surface area contributed by atoms with E-state index in [1.807, 2.05) is 23.1 Å². The Morgan fingerprint density at radius 2 is 1.96 bits per heavy atom. The molecule has 2 aromatic rings. The summed E-state index contributed by atoms with van der Waals surface area (Å²) in [5.74, 6) is 1.07. The Labute approximate surface area is 167 Å². The normalized spacial score (nSPS) is 18.0. The predicted octanol–water partition coefficient (Wildman–Crippen LogP) is 2.20. The van der Waals surface area contributed by atoms with Crippen LogP contribution in [0.2, 0.25) is 0 Å². The smallest absolute Gasteiger partial charge is 0.234 e. The van der Waals surface area contributed by atoms with E-state index in [-0.39, 0.29) is 11.8 Å². The van der Waals surface area contributed by atoms with Crippen LogP contribution in [-0.2, 0) is 9.59 Å². The molecule has 0 unspecified atom stereocenters. The van der Waals surface area contributed by atoms with Crippen LogP contribution in [0.1, 0.15) is 19.3 Å². The zero-order chi connectivity index (χ0) is 18.6. The minimum atomic E-state index is 0.115. The molecule has 1 N–H and O–H groups in total. The van der Waals surface area contributed by atoms with Gasteiger partial charge in [0.2, 0.25) is 11.8 Å².